The highest BCUT2D eigenvalue weighted by molar-refractivity contribution is 7.80. The number of thiol groups is 1. The molecular formula is C14H20BFN2O2S. The highest BCUT2D eigenvalue weighted by Gasteiger charge is 2.52. The van der Waals surface area contributed by atoms with Gasteiger partial charge in [0, 0.05) is 11.3 Å². The van der Waals surface area contributed by atoms with Gasteiger partial charge in [0.15, 0.2) is 0 Å². The third-order valence-corrected chi connectivity index (χ3v) is 4.36. The lowest BCUT2D eigenvalue weighted by molar-refractivity contribution is 0.00578. The van der Waals surface area contributed by atoms with Crippen LogP contribution < -0.4 is 5.73 Å². The molecule has 2 heterocycles. The second kappa shape index (κ2) is 5.63. The van der Waals surface area contributed by atoms with E-state index in [9.17, 15) is 4.39 Å². The zero-order chi connectivity index (χ0) is 15.8. The molecule has 2 N–H and O–H groups in total. The molecular weight excluding hydrogens is 290 g/mol. The summed E-state index contributed by atoms with van der Waals surface area (Å²) in [6.07, 6.45) is 2.81. The van der Waals surface area contributed by atoms with Gasteiger partial charge in [0.1, 0.15) is 11.6 Å². The fourth-order valence-corrected chi connectivity index (χ4v) is 2.20. The Balaban J connectivity index is 2.33. The van der Waals surface area contributed by atoms with Gasteiger partial charge in [0.05, 0.1) is 17.4 Å². The van der Waals surface area contributed by atoms with Gasteiger partial charge in [-0.05, 0) is 39.2 Å². The van der Waals surface area contributed by atoms with E-state index >= 15 is 0 Å². The molecule has 2 rings (SSSR count). The lowest BCUT2D eigenvalue weighted by atomic mass is 9.78. The molecule has 1 aromatic heterocycles. The first-order valence-electron chi connectivity index (χ1n) is 6.74. The standard InChI is InChI=1S/C14H20BFN2O2S/c1-13(2)14(3,4)20-15(19-13)10(8-21)5-9-6-11(16)7-18-12(9)17/h5-7,21H,8H2,1-4H3,(H2,17,18). The van der Waals surface area contributed by atoms with E-state index in [0.717, 1.165) is 11.7 Å². The summed E-state index contributed by atoms with van der Waals surface area (Å²) in [5.74, 6) is 0.224. The summed E-state index contributed by atoms with van der Waals surface area (Å²) in [7, 11) is -0.532. The van der Waals surface area contributed by atoms with Crippen LogP contribution in [0.25, 0.3) is 6.08 Å². The van der Waals surface area contributed by atoms with E-state index in [1.54, 1.807) is 6.08 Å². The van der Waals surface area contributed by atoms with Crippen molar-refractivity contribution >= 4 is 31.6 Å². The third kappa shape index (κ3) is 3.25. The van der Waals surface area contributed by atoms with Crippen LogP contribution in [-0.2, 0) is 9.31 Å². The van der Waals surface area contributed by atoms with Crippen molar-refractivity contribution in [3.8, 4) is 0 Å². The number of hydrogen-bond donors (Lipinski definition) is 2. The molecule has 1 fully saturated rings. The molecule has 0 aliphatic carbocycles. The summed E-state index contributed by atoms with van der Waals surface area (Å²) in [4.78, 5) is 3.80. The SMILES string of the molecule is CC1(C)OB(C(=Cc2cc(F)cnc2N)CS)OC1(C)C. The van der Waals surface area contributed by atoms with Gasteiger partial charge in [-0.25, -0.2) is 9.37 Å². The maximum atomic E-state index is 13.3. The van der Waals surface area contributed by atoms with Crippen molar-refractivity contribution in [1.29, 1.82) is 0 Å². The first kappa shape index (κ1) is 16.3. The fraction of sp³-hybridized carbons (Fsp3) is 0.500. The topological polar surface area (TPSA) is 57.4 Å². The smallest absolute Gasteiger partial charge is 0.400 e. The van der Waals surface area contributed by atoms with Crippen LogP contribution in [0.2, 0.25) is 0 Å². The largest absolute Gasteiger partial charge is 0.491 e. The molecule has 1 aromatic rings. The van der Waals surface area contributed by atoms with E-state index in [2.05, 4.69) is 17.6 Å². The van der Waals surface area contributed by atoms with E-state index in [-0.39, 0.29) is 5.82 Å². The average Bonchev–Trinajstić information content (AvgIpc) is 2.59. The van der Waals surface area contributed by atoms with Crippen LogP contribution in [0, 0.1) is 5.82 Å². The molecule has 0 atom stereocenters. The van der Waals surface area contributed by atoms with Crippen LogP contribution >= 0.6 is 12.6 Å². The minimum atomic E-state index is -0.532. The highest BCUT2D eigenvalue weighted by atomic mass is 32.1. The predicted molar refractivity (Wildman–Crippen MR) is 86.5 cm³/mol. The van der Waals surface area contributed by atoms with Gasteiger partial charge in [-0.15, -0.1) is 0 Å². The van der Waals surface area contributed by atoms with Gasteiger partial charge in [-0.1, -0.05) is 6.08 Å². The van der Waals surface area contributed by atoms with Crippen LogP contribution in [0.5, 0.6) is 0 Å². The molecule has 1 saturated heterocycles. The summed E-state index contributed by atoms with van der Waals surface area (Å²) >= 11 is 4.31. The average molecular weight is 310 g/mol. The van der Waals surface area contributed by atoms with Crippen molar-refractivity contribution in [2.45, 2.75) is 38.9 Å². The Morgan fingerprint density at radius 1 is 1.38 bits per heavy atom. The number of nitrogens with zero attached hydrogens (tertiary/aromatic N) is 1. The molecule has 4 nitrogen and oxygen atoms in total. The molecule has 7 heteroatoms. The fourth-order valence-electron chi connectivity index (χ4n) is 1.96. The molecule has 0 bridgehead atoms. The van der Waals surface area contributed by atoms with Gasteiger partial charge in [-0.3, -0.25) is 0 Å². The van der Waals surface area contributed by atoms with Crippen LogP contribution in [0.4, 0.5) is 10.2 Å². The second-order valence-electron chi connectivity index (χ2n) is 6.09. The summed E-state index contributed by atoms with van der Waals surface area (Å²) in [6.45, 7) is 7.89. The zero-order valence-electron chi connectivity index (χ0n) is 12.7. The van der Waals surface area contributed by atoms with E-state index in [4.69, 9.17) is 15.0 Å². The molecule has 0 amide bonds. The van der Waals surface area contributed by atoms with Crippen molar-refractivity contribution in [3.05, 3.63) is 29.1 Å². The van der Waals surface area contributed by atoms with Gasteiger partial charge in [0.25, 0.3) is 0 Å². The van der Waals surface area contributed by atoms with Crippen molar-refractivity contribution in [1.82, 2.24) is 4.98 Å². The first-order valence-corrected chi connectivity index (χ1v) is 7.37. The summed E-state index contributed by atoms with van der Waals surface area (Å²) < 4.78 is 25.2. The highest BCUT2D eigenvalue weighted by Crippen LogP contribution is 2.39. The lowest BCUT2D eigenvalue weighted by Crippen LogP contribution is -2.41. The molecule has 0 spiro atoms. The third-order valence-electron chi connectivity index (χ3n) is 4.00. The van der Waals surface area contributed by atoms with Crippen molar-refractivity contribution < 1.29 is 13.7 Å². The maximum absolute atomic E-state index is 13.3. The number of rotatable bonds is 3. The summed E-state index contributed by atoms with van der Waals surface area (Å²) in [5.41, 5.74) is 6.16. The predicted octanol–water partition coefficient (Wildman–Crippen LogP) is 2.75. The molecule has 0 aromatic carbocycles. The number of nitrogens with two attached hydrogens (primary N) is 1. The van der Waals surface area contributed by atoms with E-state index < -0.39 is 24.1 Å². The Hall–Kier alpha value is -1.05. The number of hydrogen-bond acceptors (Lipinski definition) is 5. The number of halogens is 1. The number of anilines is 1. The van der Waals surface area contributed by atoms with Crippen molar-refractivity contribution in [3.63, 3.8) is 0 Å². The van der Waals surface area contributed by atoms with Crippen LogP contribution in [-0.4, -0.2) is 29.1 Å². The number of aromatic nitrogens is 1. The van der Waals surface area contributed by atoms with E-state index in [1.807, 2.05) is 27.7 Å². The Morgan fingerprint density at radius 2 is 1.95 bits per heavy atom. The molecule has 21 heavy (non-hydrogen) atoms. The Labute approximate surface area is 130 Å². The monoisotopic (exact) mass is 310 g/mol. The quantitative estimate of drug-likeness (QED) is 0.666. The summed E-state index contributed by atoms with van der Waals surface area (Å²) in [6, 6.07) is 1.33. The lowest BCUT2D eigenvalue weighted by Gasteiger charge is -2.32. The summed E-state index contributed by atoms with van der Waals surface area (Å²) in [5, 5.41) is 0. The molecule has 0 saturated carbocycles. The van der Waals surface area contributed by atoms with Crippen molar-refractivity contribution in [2.75, 3.05) is 11.5 Å². The molecule has 1 aliphatic heterocycles. The van der Waals surface area contributed by atoms with Gasteiger partial charge in [-0.2, -0.15) is 12.6 Å². The zero-order valence-corrected chi connectivity index (χ0v) is 13.6. The van der Waals surface area contributed by atoms with Gasteiger partial charge in [0.2, 0.25) is 0 Å². The first-order chi connectivity index (χ1) is 9.66. The minimum Gasteiger partial charge on any atom is -0.400 e. The van der Waals surface area contributed by atoms with Crippen molar-refractivity contribution in [2.24, 2.45) is 0 Å². The van der Waals surface area contributed by atoms with E-state index in [0.29, 0.717) is 11.3 Å². The Kier molecular flexibility index (Phi) is 4.37. The van der Waals surface area contributed by atoms with Crippen LogP contribution in [0.3, 0.4) is 0 Å². The molecule has 0 radical (unpaired) electrons. The molecule has 114 valence electrons. The molecule has 1 aliphatic rings. The molecule has 0 unspecified atom stereocenters. The second-order valence-corrected chi connectivity index (χ2v) is 6.41. The normalized spacial score (nSPS) is 20.9. The number of nitrogen functional groups attached to an aromatic ring is 1. The van der Waals surface area contributed by atoms with Crippen LogP contribution in [0.1, 0.15) is 33.3 Å². The van der Waals surface area contributed by atoms with E-state index in [1.165, 1.54) is 6.07 Å². The minimum absolute atomic E-state index is 0.257. The Morgan fingerprint density at radius 3 is 2.48 bits per heavy atom. The maximum Gasteiger partial charge on any atom is 0.491 e. The van der Waals surface area contributed by atoms with Crippen LogP contribution in [0.15, 0.2) is 17.7 Å². The van der Waals surface area contributed by atoms with Gasteiger partial charge >= 0.3 is 7.12 Å². The Bertz CT molecular complexity index is 562. The number of pyridine rings is 1. The van der Waals surface area contributed by atoms with Gasteiger partial charge < -0.3 is 15.0 Å².